The Hall–Kier alpha value is -2.70. The lowest BCUT2D eigenvalue weighted by atomic mass is 10.1. The highest BCUT2D eigenvalue weighted by Crippen LogP contribution is 2.33. The largest absolute Gasteiger partial charge is 0.341 e. The van der Waals surface area contributed by atoms with Crippen LogP contribution < -0.4 is 0 Å². The number of rotatable bonds is 7. The summed E-state index contributed by atoms with van der Waals surface area (Å²) in [4.78, 5) is 12.5. The lowest BCUT2D eigenvalue weighted by molar-refractivity contribution is 0.676. The predicted octanol–water partition coefficient (Wildman–Crippen LogP) is 5.31. The Morgan fingerprint density at radius 2 is 1.55 bits per heavy atom. The van der Waals surface area contributed by atoms with E-state index >= 15 is 0 Å². The summed E-state index contributed by atoms with van der Waals surface area (Å²) in [5.74, 6) is 1.26. The van der Waals surface area contributed by atoms with Crippen LogP contribution in [0.3, 0.4) is 0 Å². The smallest absolute Gasteiger partial charge is 0.127 e. The number of nitrogens with zero attached hydrogens (tertiary/aromatic N) is 2. The number of aromatic nitrogens is 3. The second-order valence-electron chi connectivity index (χ2n) is 6.60. The van der Waals surface area contributed by atoms with Crippen molar-refractivity contribution in [2.45, 2.75) is 16.7 Å². The number of nitrogens with one attached hydrogen (secondary N) is 1. The molecule has 2 aromatic carbocycles. The van der Waals surface area contributed by atoms with Crippen LogP contribution in [0.2, 0.25) is 0 Å². The van der Waals surface area contributed by atoms with Gasteiger partial charge < -0.3 is 4.98 Å². The van der Waals surface area contributed by atoms with Gasteiger partial charge in [0.25, 0.3) is 0 Å². The third-order valence-corrected chi connectivity index (χ3v) is 6.41. The zero-order valence-electron chi connectivity index (χ0n) is 15.7. The maximum Gasteiger partial charge on any atom is 0.127 e. The van der Waals surface area contributed by atoms with E-state index in [9.17, 15) is 4.21 Å². The van der Waals surface area contributed by atoms with Crippen molar-refractivity contribution in [2.24, 2.45) is 0 Å². The van der Waals surface area contributed by atoms with Crippen LogP contribution in [0, 0.1) is 0 Å². The minimum Gasteiger partial charge on any atom is -0.341 e. The first-order valence-electron chi connectivity index (χ1n) is 9.40. The monoisotopic (exact) mass is 419 g/mol. The molecule has 2 heterocycles. The molecule has 1 N–H and O–H groups in total. The van der Waals surface area contributed by atoms with E-state index in [-0.39, 0.29) is 5.25 Å². The zero-order valence-corrected chi connectivity index (χ0v) is 17.4. The summed E-state index contributed by atoms with van der Waals surface area (Å²) >= 11 is 4.74. The average molecular weight is 420 g/mol. The molecular weight excluding hydrogens is 398 g/mol. The number of benzene rings is 2. The maximum atomic E-state index is 12.5. The van der Waals surface area contributed by atoms with Gasteiger partial charge >= 0.3 is 0 Å². The van der Waals surface area contributed by atoms with Gasteiger partial charge in [0.1, 0.15) is 10.9 Å². The summed E-state index contributed by atoms with van der Waals surface area (Å²) < 4.78 is 12.5. The Balaban J connectivity index is 1.59. The summed E-state index contributed by atoms with van der Waals surface area (Å²) in [5.41, 5.74) is 3.99. The summed E-state index contributed by atoms with van der Waals surface area (Å²) in [6, 6.07) is 25.7. The molecular formula is C23H21N3OS2. The molecule has 0 amide bonds. The lowest BCUT2D eigenvalue weighted by Crippen LogP contribution is -2.04. The Bertz CT molecular complexity index is 1030. The van der Waals surface area contributed by atoms with Gasteiger partial charge in [-0.05, 0) is 18.6 Å². The molecule has 2 unspecified atom stereocenters. The minimum atomic E-state index is -1.15. The lowest BCUT2D eigenvalue weighted by Gasteiger charge is -2.07. The van der Waals surface area contributed by atoms with E-state index in [0.29, 0.717) is 17.2 Å². The van der Waals surface area contributed by atoms with Crippen LogP contribution >= 0.6 is 12.6 Å². The number of hydrogen-bond donors (Lipinski definition) is 2. The van der Waals surface area contributed by atoms with Crippen LogP contribution in [-0.4, -0.2) is 24.9 Å². The highest BCUT2D eigenvalue weighted by molar-refractivity contribution is 7.85. The van der Waals surface area contributed by atoms with Crippen molar-refractivity contribution in [3.63, 3.8) is 0 Å². The van der Waals surface area contributed by atoms with Crippen molar-refractivity contribution in [3.8, 4) is 22.5 Å². The number of hydrogen-bond acceptors (Lipinski definition) is 4. The normalized spacial score (nSPS) is 13.1. The van der Waals surface area contributed by atoms with Crippen molar-refractivity contribution >= 4 is 23.4 Å². The van der Waals surface area contributed by atoms with Gasteiger partial charge in [0.15, 0.2) is 0 Å². The van der Waals surface area contributed by atoms with Gasteiger partial charge in [-0.1, -0.05) is 66.7 Å². The number of thiol groups is 1. The maximum absolute atomic E-state index is 12.5. The van der Waals surface area contributed by atoms with E-state index < -0.39 is 10.8 Å². The molecule has 0 spiro atoms. The summed E-state index contributed by atoms with van der Waals surface area (Å²) in [5, 5.41) is 0.449. The summed E-state index contributed by atoms with van der Waals surface area (Å²) in [6.45, 7) is 0. The van der Waals surface area contributed by atoms with E-state index in [1.54, 1.807) is 12.3 Å². The summed E-state index contributed by atoms with van der Waals surface area (Å²) in [7, 11) is -1.15. The highest BCUT2D eigenvalue weighted by atomic mass is 32.2. The molecule has 0 fully saturated rings. The summed E-state index contributed by atoms with van der Waals surface area (Å²) in [6.07, 6.45) is 2.29. The van der Waals surface area contributed by atoms with E-state index in [0.717, 1.165) is 28.3 Å². The molecule has 0 aliphatic rings. The zero-order chi connectivity index (χ0) is 20.1. The molecule has 0 bridgehead atoms. The van der Waals surface area contributed by atoms with Crippen LogP contribution in [0.4, 0.5) is 0 Å². The van der Waals surface area contributed by atoms with Gasteiger partial charge in [0.2, 0.25) is 0 Å². The SMILES string of the molecule is O=S(CCC(S)c1nc(-c2ccccc2)c(-c2ccccc2)[nH]1)c1ccccn1. The molecule has 0 aliphatic heterocycles. The van der Waals surface area contributed by atoms with Gasteiger partial charge in [-0.2, -0.15) is 12.6 Å². The molecule has 146 valence electrons. The number of H-pyrrole nitrogens is 1. The van der Waals surface area contributed by atoms with Crippen LogP contribution in [0.5, 0.6) is 0 Å². The number of pyridine rings is 1. The van der Waals surface area contributed by atoms with Gasteiger partial charge in [-0.15, -0.1) is 0 Å². The quantitative estimate of drug-likeness (QED) is 0.399. The van der Waals surface area contributed by atoms with Crippen molar-refractivity contribution in [1.29, 1.82) is 0 Å². The van der Waals surface area contributed by atoms with Crippen molar-refractivity contribution < 1.29 is 4.21 Å². The van der Waals surface area contributed by atoms with E-state index in [2.05, 4.69) is 34.2 Å². The van der Waals surface area contributed by atoms with Crippen molar-refractivity contribution in [2.75, 3.05) is 5.75 Å². The molecule has 6 heteroatoms. The Labute approximate surface area is 178 Å². The molecule has 0 saturated carbocycles. The molecule has 0 aliphatic carbocycles. The molecule has 2 atom stereocenters. The first-order chi connectivity index (χ1) is 14.2. The molecule has 29 heavy (non-hydrogen) atoms. The fraction of sp³-hybridized carbons (Fsp3) is 0.130. The molecule has 4 nitrogen and oxygen atoms in total. The molecule has 0 radical (unpaired) electrons. The standard InChI is InChI=1S/C23H21N3OS2/c27-29(20-13-7-8-15-24-20)16-14-19(28)23-25-21(17-9-3-1-4-10-17)22(26-23)18-11-5-2-6-12-18/h1-13,15,19,28H,14,16H2,(H,25,26). The number of imidazole rings is 1. The predicted molar refractivity (Wildman–Crippen MR) is 121 cm³/mol. The Kier molecular flexibility index (Phi) is 6.22. The Morgan fingerprint density at radius 1 is 0.897 bits per heavy atom. The third kappa shape index (κ3) is 4.66. The second kappa shape index (κ2) is 9.20. The minimum absolute atomic E-state index is 0.150. The van der Waals surface area contributed by atoms with Crippen molar-refractivity contribution in [3.05, 3.63) is 90.9 Å². The van der Waals surface area contributed by atoms with Gasteiger partial charge in [0.05, 0.1) is 27.4 Å². The molecule has 0 saturated heterocycles. The van der Waals surface area contributed by atoms with Gasteiger partial charge in [-0.25, -0.2) is 9.97 Å². The fourth-order valence-electron chi connectivity index (χ4n) is 3.11. The first-order valence-corrected chi connectivity index (χ1v) is 11.2. The van der Waals surface area contributed by atoms with Gasteiger partial charge in [-0.3, -0.25) is 4.21 Å². The van der Waals surface area contributed by atoms with Crippen LogP contribution in [0.1, 0.15) is 17.5 Å². The molecule has 4 rings (SSSR count). The van der Waals surface area contributed by atoms with Crippen molar-refractivity contribution in [1.82, 2.24) is 15.0 Å². The topological polar surface area (TPSA) is 58.6 Å². The van der Waals surface area contributed by atoms with Crippen LogP contribution in [-0.2, 0) is 10.8 Å². The molecule has 4 aromatic rings. The van der Waals surface area contributed by atoms with E-state index in [1.165, 1.54) is 0 Å². The van der Waals surface area contributed by atoms with Crippen LogP contribution in [0.25, 0.3) is 22.5 Å². The first kappa shape index (κ1) is 19.6. The van der Waals surface area contributed by atoms with E-state index in [1.807, 2.05) is 48.5 Å². The van der Waals surface area contributed by atoms with Gasteiger partial charge in [0, 0.05) is 23.1 Å². The van der Waals surface area contributed by atoms with Crippen LogP contribution in [0.15, 0.2) is 90.1 Å². The highest BCUT2D eigenvalue weighted by Gasteiger charge is 2.19. The average Bonchev–Trinajstić information content (AvgIpc) is 3.25. The molecule has 2 aromatic heterocycles. The van der Waals surface area contributed by atoms with E-state index in [4.69, 9.17) is 17.6 Å². The Morgan fingerprint density at radius 3 is 2.21 bits per heavy atom. The fourth-order valence-corrected chi connectivity index (χ4v) is 4.60. The number of aromatic amines is 1. The third-order valence-electron chi connectivity index (χ3n) is 4.60. The second-order valence-corrected chi connectivity index (χ2v) is 8.74.